The average molecular weight is 355 g/mol. The highest BCUT2D eigenvalue weighted by molar-refractivity contribution is 9.10. The molecule has 2 nitrogen and oxygen atoms in total. The fourth-order valence-electron chi connectivity index (χ4n) is 2.14. The van der Waals surface area contributed by atoms with E-state index in [4.69, 9.17) is 16.3 Å². The molecule has 0 heterocycles. The minimum absolute atomic E-state index is 0.0755. The normalized spacial score (nSPS) is 12.2. The second kappa shape index (κ2) is 7.11. The van der Waals surface area contributed by atoms with Gasteiger partial charge in [-0.25, -0.2) is 0 Å². The number of benzene rings is 2. The molecule has 0 spiro atoms. The summed E-state index contributed by atoms with van der Waals surface area (Å²) in [5, 5.41) is 4.22. The molecule has 1 N–H and O–H groups in total. The first kappa shape index (κ1) is 15.4. The van der Waals surface area contributed by atoms with Crippen molar-refractivity contribution in [1.29, 1.82) is 0 Å². The van der Waals surface area contributed by atoms with Crippen LogP contribution in [0.5, 0.6) is 5.75 Å². The Bertz CT molecular complexity index is 571. The molecule has 2 aromatic carbocycles. The van der Waals surface area contributed by atoms with Crippen molar-refractivity contribution in [1.82, 2.24) is 5.32 Å². The molecule has 2 rings (SSSR count). The number of nitrogens with one attached hydrogen (secondary N) is 1. The van der Waals surface area contributed by atoms with Gasteiger partial charge in [-0.05, 0) is 41.9 Å². The van der Waals surface area contributed by atoms with Crippen LogP contribution in [-0.2, 0) is 0 Å². The topological polar surface area (TPSA) is 21.3 Å². The minimum atomic E-state index is 0.0755. The Morgan fingerprint density at radius 2 is 1.90 bits per heavy atom. The molecule has 0 fully saturated rings. The third-order valence-corrected chi connectivity index (χ3v) is 3.95. The lowest BCUT2D eigenvalue weighted by Gasteiger charge is -2.20. The van der Waals surface area contributed by atoms with Crippen LogP contribution in [0.25, 0.3) is 0 Å². The van der Waals surface area contributed by atoms with E-state index < -0.39 is 0 Å². The van der Waals surface area contributed by atoms with Crippen LogP contribution >= 0.6 is 27.5 Å². The lowest BCUT2D eigenvalue weighted by molar-refractivity contribution is 0.414. The summed E-state index contributed by atoms with van der Waals surface area (Å²) in [6.45, 7) is 2.95. The van der Waals surface area contributed by atoms with Gasteiger partial charge in [0, 0.05) is 9.50 Å². The molecule has 20 heavy (non-hydrogen) atoms. The summed E-state index contributed by atoms with van der Waals surface area (Å²) < 4.78 is 6.18. The molecular weight excluding hydrogens is 338 g/mol. The largest absolute Gasteiger partial charge is 0.497 e. The average Bonchev–Trinajstić information content (AvgIpc) is 2.46. The number of ether oxygens (including phenoxy) is 1. The molecule has 0 aromatic heterocycles. The molecule has 0 aliphatic carbocycles. The second-order valence-electron chi connectivity index (χ2n) is 4.43. The van der Waals surface area contributed by atoms with Gasteiger partial charge in [-0.1, -0.05) is 52.7 Å². The van der Waals surface area contributed by atoms with Crippen molar-refractivity contribution in [3.8, 4) is 5.75 Å². The Hall–Kier alpha value is -1.03. The van der Waals surface area contributed by atoms with E-state index in [0.29, 0.717) is 0 Å². The Kier molecular flexibility index (Phi) is 5.46. The van der Waals surface area contributed by atoms with Crippen molar-refractivity contribution in [2.75, 3.05) is 13.7 Å². The fraction of sp³-hybridized carbons (Fsp3) is 0.250. The second-order valence-corrected chi connectivity index (χ2v) is 5.75. The predicted octanol–water partition coefficient (Wildman–Crippen LogP) is 4.81. The highest BCUT2D eigenvalue weighted by Gasteiger charge is 2.16. The van der Waals surface area contributed by atoms with Crippen LogP contribution in [0.3, 0.4) is 0 Å². The van der Waals surface area contributed by atoms with Gasteiger partial charge < -0.3 is 10.1 Å². The van der Waals surface area contributed by atoms with Crippen molar-refractivity contribution in [3.63, 3.8) is 0 Å². The quantitative estimate of drug-likeness (QED) is 0.832. The molecule has 1 unspecified atom stereocenters. The zero-order valence-corrected chi connectivity index (χ0v) is 13.8. The molecule has 2 aromatic rings. The maximum Gasteiger partial charge on any atom is 0.118 e. The number of hydrogen-bond acceptors (Lipinski definition) is 2. The number of methoxy groups -OCH3 is 1. The first-order valence-corrected chi connectivity index (χ1v) is 7.65. The Morgan fingerprint density at radius 1 is 1.20 bits per heavy atom. The van der Waals surface area contributed by atoms with Crippen LogP contribution in [0.4, 0.5) is 0 Å². The summed E-state index contributed by atoms with van der Waals surface area (Å²) in [5.41, 5.74) is 2.23. The van der Waals surface area contributed by atoms with Gasteiger partial charge in [-0.3, -0.25) is 0 Å². The van der Waals surface area contributed by atoms with Gasteiger partial charge >= 0.3 is 0 Å². The third-order valence-electron chi connectivity index (χ3n) is 3.13. The number of halogens is 2. The van der Waals surface area contributed by atoms with E-state index >= 15 is 0 Å². The van der Waals surface area contributed by atoms with Gasteiger partial charge in [-0.15, -0.1) is 0 Å². The summed E-state index contributed by atoms with van der Waals surface area (Å²) in [6.07, 6.45) is 0. The van der Waals surface area contributed by atoms with Crippen molar-refractivity contribution in [2.24, 2.45) is 0 Å². The molecule has 0 aliphatic rings. The summed E-state index contributed by atoms with van der Waals surface area (Å²) in [5.74, 6) is 0.853. The molecule has 0 radical (unpaired) electrons. The Morgan fingerprint density at radius 3 is 2.45 bits per heavy atom. The molecule has 106 valence electrons. The lowest BCUT2D eigenvalue weighted by atomic mass is 9.98. The minimum Gasteiger partial charge on any atom is -0.497 e. The van der Waals surface area contributed by atoms with E-state index in [-0.39, 0.29) is 6.04 Å². The summed E-state index contributed by atoms with van der Waals surface area (Å²) >= 11 is 9.81. The van der Waals surface area contributed by atoms with Gasteiger partial charge in [-0.2, -0.15) is 0 Å². The van der Waals surface area contributed by atoms with Crippen molar-refractivity contribution < 1.29 is 4.74 Å². The molecule has 0 bridgehead atoms. The highest BCUT2D eigenvalue weighted by Crippen LogP contribution is 2.31. The smallest absolute Gasteiger partial charge is 0.118 e. The fourth-order valence-corrected chi connectivity index (χ4v) is 2.93. The van der Waals surface area contributed by atoms with Gasteiger partial charge in [0.2, 0.25) is 0 Å². The van der Waals surface area contributed by atoms with E-state index in [1.807, 2.05) is 30.3 Å². The summed E-state index contributed by atoms with van der Waals surface area (Å²) in [6, 6.07) is 14.1. The van der Waals surface area contributed by atoms with Crippen molar-refractivity contribution >= 4 is 27.5 Å². The van der Waals surface area contributed by atoms with Crippen LogP contribution in [0.15, 0.2) is 46.9 Å². The number of rotatable bonds is 5. The highest BCUT2D eigenvalue weighted by atomic mass is 79.9. The van der Waals surface area contributed by atoms with Crippen LogP contribution in [0.2, 0.25) is 5.02 Å². The summed E-state index contributed by atoms with van der Waals surface area (Å²) in [7, 11) is 1.67. The monoisotopic (exact) mass is 353 g/mol. The molecule has 0 amide bonds. The molecule has 4 heteroatoms. The zero-order valence-electron chi connectivity index (χ0n) is 11.5. The molecule has 0 saturated heterocycles. The van der Waals surface area contributed by atoms with Crippen LogP contribution in [0.1, 0.15) is 24.1 Å². The maximum absolute atomic E-state index is 6.37. The van der Waals surface area contributed by atoms with E-state index in [2.05, 4.69) is 40.3 Å². The Labute approximate surface area is 133 Å². The predicted molar refractivity (Wildman–Crippen MR) is 87.7 cm³/mol. The Balaban J connectivity index is 2.38. The van der Waals surface area contributed by atoms with Crippen molar-refractivity contribution in [2.45, 2.75) is 13.0 Å². The maximum atomic E-state index is 6.37. The van der Waals surface area contributed by atoms with E-state index in [1.165, 1.54) is 0 Å². The van der Waals surface area contributed by atoms with Crippen LogP contribution < -0.4 is 10.1 Å². The van der Waals surface area contributed by atoms with Gasteiger partial charge in [0.05, 0.1) is 13.2 Å². The standard InChI is InChI=1S/C16H17BrClNO/c1-3-19-16(11-4-7-13(20-2)8-5-11)14-9-6-12(17)10-15(14)18/h4-10,16,19H,3H2,1-2H3. The molecule has 0 saturated carbocycles. The van der Waals surface area contributed by atoms with Gasteiger partial charge in [0.1, 0.15) is 5.75 Å². The van der Waals surface area contributed by atoms with Gasteiger partial charge in [0.25, 0.3) is 0 Å². The van der Waals surface area contributed by atoms with E-state index in [1.54, 1.807) is 7.11 Å². The first-order valence-electron chi connectivity index (χ1n) is 6.48. The lowest BCUT2D eigenvalue weighted by Crippen LogP contribution is -2.22. The third kappa shape index (κ3) is 3.54. The van der Waals surface area contributed by atoms with Gasteiger partial charge in [0.15, 0.2) is 0 Å². The molecule has 0 aliphatic heterocycles. The van der Waals surface area contributed by atoms with Crippen LogP contribution in [-0.4, -0.2) is 13.7 Å². The van der Waals surface area contributed by atoms with E-state index in [0.717, 1.165) is 32.9 Å². The number of hydrogen-bond donors (Lipinski definition) is 1. The zero-order chi connectivity index (χ0) is 14.5. The molecular formula is C16H17BrClNO. The van der Waals surface area contributed by atoms with E-state index in [9.17, 15) is 0 Å². The van der Waals surface area contributed by atoms with Crippen LogP contribution in [0, 0.1) is 0 Å². The first-order chi connectivity index (χ1) is 9.65. The van der Waals surface area contributed by atoms with Crippen molar-refractivity contribution in [3.05, 3.63) is 63.1 Å². The molecule has 1 atom stereocenters. The summed E-state index contributed by atoms with van der Waals surface area (Å²) in [4.78, 5) is 0. The SMILES string of the molecule is CCNC(c1ccc(OC)cc1)c1ccc(Br)cc1Cl.